The molecule has 1 aliphatic rings. The Morgan fingerprint density at radius 2 is 2.03 bits per heavy atom. The fraction of sp³-hybridized carbons (Fsp3) is 0.320. The van der Waals surface area contributed by atoms with Crippen molar-refractivity contribution in [2.45, 2.75) is 32.0 Å². The van der Waals surface area contributed by atoms with Crippen LogP contribution in [0.3, 0.4) is 0 Å². The molecule has 1 fully saturated rings. The zero-order valence-electron chi connectivity index (χ0n) is 19.8. The second kappa shape index (κ2) is 9.91. The van der Waals surface area contributed by atoms with Gasteiger partial charge in [0.25, 0.3) is 11.8 Å². The van der Waals surface area contributed by atoms with Crippen molar-refractivity contribution in [3.05, 3.63) is 65.0 Å². The van der Waals surface area contributed by atoms with Gasteiger partial charge in [-0.1, -0.05) is 31.2 Å². The SMILES string of the molecule is CCN1CC(F)(F)CC1n1nc(-c2ccc(CNC(=O)c3cc(F)ccc3OC)cc2)c(C#N)c1N. The van der Waals surface area contributed by atoms with Crippen molar-refractivity contribution in [3.8, 4) is 23.1 Å². The van der Waals surface area contributed by atoms with E-state index in [0.717, 1.165) is 11.6 Å². The predicted octanol–water partition coefficient (Wildman–Crippen LogP) is 3.94. The first kappa shape index (κ1) is 25.1. The van der Waals surface area contributed by atoms with Gasteiger partial charge in [-0.05, 0) is 30.3 Å². The fourth-order valence-corrected chi connectivity index (χ4v) is 4.33. The molecule has 8 nitrogen and oxygen atoms in total. The average molecular weight is 499 g/mol. The highest BCUT2D eigenvalue weighted by atomic mass is 19.3. The van der Waals surface area contributed by atoms with E-state index in [4.69, 9.17) is 10.5 Å². The Morgan fingerprint density at radius 1 is 1.31 bits per heavy atom. The van der Waals surface area contributed by atoms with Crippen LogP contribution in [0, 0.1) is 17.1 Å². The van der Waals surface area contributed by atoms with Crippen LogP contribution >= 0.6 is 0 Å². The van der Waals surface area contributed by atoms with Gasteiger partial charge in [0.1, 0.15) is 40.9 Å². The van der Waals surface area contributed by atoms with Crippen molar-refractivity contribution < 1.29 is 22.7 Å². The van der Waals surface area contributed by atoms with Crippen LogP contribution in [0.15, 0.2) is 42.5 Å². The number of nitrogens with one attached hydrogen (secondary N) is 1. The molecule has 0 aliphatic carbocycles. The van der Waals surface area contributed by atoms with Crippen molar-refractivity contribution in [1.82, 2.24) is 20.0 Å². The number of nitriles is 1. The lowest BCUT2D eigenvalue weighted by atomic mass is 10.1. The summed E-state index contributed by atoms with van der Waals surface area (Å²) in [5, 5.41) is 16.8. The number of nitrogen functional groups attached to an aromatic ring is 1. The first-order chi connectivity index (χ1) is 17.2. The Bertz CT molecular complexity index is 1320. The number of benzene rings is 2. The van der Waals surface area contributed by atoms with Gasteiger partial charge in [0, 0.05) is 18.5 Å². The van der Waals surface area contributed by atoms with Gasteiger partial charge in [0.05, 0.1) is 19.2 Å². The topological polar surface area (TPSA) is 109 Å². The Hall–Kier alpha value is -4.04. The summed E-state index contributed by atoms with van der Waals surface area (Å²) in [4.78, 5) is 14.1. The monoisotopic (exact) mass is 498 g/mol. The molecule has 36 heavy (non-hydrogen) atoms. The number of amides is 1. The molecular weight excluding hydrogens is 473 g/mol. The van der Waals surface area contributed by atoms with E-state index in [0.29, 0.717) is 17.8 Å². The normalized spacial score (nSPS) is 17.1. The number of hydrogen-bond donors (Lipinski definition) is 2. The predicted molar refractivity (Wildman–Crippen MR) is 127 cm³/mol. The summed E-state index contributed by atoms with van der Waals surface area (Å²) >= 11 is 0. The molecule has 2 aromatic carbocycles. The summed E-state index contributed by atoms with van der Waals surface area (Å²) in [6.07, 6.45) is -1.19. The Balaban J connectivity index is 1.53. The maximum Gasteiger partial charge on any atom is 0.263 e. The standard InChI is InChI=1S/C25H25F3N6O2/c1-3-33-14-25(27,28)11-21(33)34-23(30)19(12-29)22(32-34)16-6-4-15(5-7-16)13-31-24(35)18-10-17(26)8-9-20(18)36-2/h4-10,21H,3,11,13-14,30H2,1-2H3,(H,31,35). The number of nitrogens with two attached hydrogens (primary N) is 1. The first-order valence-corrected chi connectivity index (χ1v) is 11.3. The van der Waals surface area contributed by atoms with E-state index in [1.54, 1.807) is 36.1 Å². The molecule has 1 saturated heterocycles. The number of hydrogen-bond acceptors (Lipinski definition) is 6. The summed E-state index contributed by atoms with van der Waals surface area (Å²) in [5.41, 5.74) is 7.95. The summed E-state index contributed by atoms with van der Waals surface area (Å²) < 4.78 is 48.1. The maximum atomic E-state index is 14.1. The summed E-state index contributed by atoms with van der Waals surface area (Å²) in [7, 11) is 1.39. The molecule has 11 heteroatoms. The molecule has 1 atom stereocenters. The summed E-state index contributed by atoms with van der Waals surface area (Å²) in [5.74, 6) is -3.63. The first-order valence-electron chi connectivity index (χ1n) is 11.3. The maximum absolute atomic E-state index is 14.1. The van der Waals surface area contributed by atoms with Crippen LogP contribution in [-0.2, 0) is 6.54 Å². The van der Waals surface area contributed by atoms with Crippen molar-refractivity contribution in [2.75, 3.05) is 25.9 Å². The molecule has 2 heterocycles. The number of ether oxygens (including phenoxy) is 1. The van der Waals surface area contributed by atoms with Crippen molar-refractivity contribution in [2.24, 2.45) is 0 Å². The largest absolute Gasteiger partial charge is 0.496 e. The average Bonchev–Trinajstić information content (AvgIpc) is 3.37. The van der Waals surface area contributed by atoms with Crippen LogP contribution in [-0.4, -0.2) is 46.7 Å². The molecule has 3 aromatic rings. The van der Waals surface area contributed by atoms with E-state index in [-0.39, 0.29) is 29.2 Å². The number of anilines is 1. The molecule has 0 radical (unpaired) electrons. The number of carbonyl (C=O) groups excluding carboxylic acids is 1. The summed E-state index contributed by atoms with van der Waals surface area (Å²) in [6.45, 7) is 1.93. The third kappa shape index (κ3) is 4.85. The van der Waals surface area contributed by atoms with Crippen LogP contribution in [0.1, 0.15) is 41.0 Å². The van der Waals surface area contributed by atoms with Gasteiger partial charge in [0.2, 0.25) is 0 Å². The van der Waals surface area contributed by atoms with E-state index < -0.39 is 36.8 Å². The molecule has 0 bridgehead atoms. The minimum absolute atomic E-state index is 0.0361. The van der Waals surface area contributed by atoms with Crippen LogP contribution in [0.4, 0.5) is 19.0 Å². The Morgan fingerprint density at radius 3 is 2.67 bits per heavy atom. The Labute approximate surface area is 206 Å². The van der Waals surface area contributed by atoms with E-state index in [1.807, 2.05) is 6.07 Å². The van der Waals surface area contributed by atoms with Crippen molar-refractivity contribution in [1.29, 1.82) is 5.26 Å². The molecule has 1 amide bonds. The van der Waals surface area contributed by atoms with Gasteiger partial charge >= 0.3 is 0 Å². The third-order valence-corrected chi connectivity index (χ3v) is 6.17. The molecule has 1 unspecified atom stereocenters. The Kier molecular flexibility index (Phi) is 6.90. The molecule has 0 saturated carbocycles. The number of carbonyl (C=O) groups is 1. The number of alkyl halides is 2. The van der Waals surface area contributed by atoms with Crippen LogP contribution in [0.2, 0.25) is 0 Å². The van der Waals surface area contributed by atoms with Gasteiger partial charge in [-0.3, -0.25) is 9.69 Å². The second-order valence-corrected chi connectivity index (χ2v) is 8.49. The van der Waals surface area contributed by atoms with Gasteiger partial charge in [0.15, 0.2) is 0 Å². The molecule has 1 aliphatic heterocycles. The van der Waals surface area contributed by atoms with E-state index in [1.165, 1.54) is 23.9 Å². The van der Waals surface area contributed by atoms with Gasteiger partial charge in [-0.15, -0.1) is 0 Å². The molecule has 1 aromatic heterocycles. The molecule has 0 spiro atoms. The molecule has 4 rings (SSSR count). The lowest BCUT2D eigenvalue weighted by Crippen LogP contribution is -2.29. The zero-order chi connectivity index (χ0) is 26.0. The summed E-state index contributed by atoms with van der Waals surface area (Å²) in [6, 6.07) is 12.6. The number of rotatable bonds is 7. The smallest absolute Gasteiger partial charge is 0.263 e. The van der Waals surface area contributed by atoms with Gasteiger partial charge in [-0.25, -0.2) is 17.9 Å². The van der Waals surface area contributed by atoms with E-state index in [2.05, 4.69) is 10.4 Å². The highest BCUT2D eigenvalue weighted by molar-refractivity contribution is 5.96. The lowest BCUT2D eigenvalue weighted by molar-refractivity contribution is 0.0120. The third-order valence-electron chi connectivity index (χ3n) is 6.17. The van der Waals surface area contributed by atoms with Crippen LogP contribution in [0.25, 0.3) is 11.3 Å². The van der Waals surface area contributed by atoms with Crippen LogP contribution in [0.5, 0.6) is 5.75 Å². The minimum atomic E-state index is -2.87. The molecule has 3 N–H and O–H groups in total. The van der Waals surface area contributed by atoms with Crippen molar-refractivity contribution >= 4 is 11.7 Å². The molecular formula is C25H25F3N6O2. The van der Waals surface area contributed by atoms with E-state index >= 15 is 0 Å². The zero-order valence-corrected chi connectivity index (χ0v) is 19.8. The van der Waals surface area contributed by atoms with E-state index in [9.17, 15) is 23.2 Å². The number of methoxy groups -OCH3 is 1. The lowest BCUT2D eigenvalue weighted by Gasteiger charge is -2.22. The van der Waals surface area contributed by atoms with Gasteiger partial charge in [-0.2, -0.15) is 10.4 Å². The highest BCUT2D eigenvalue weighted by Gasteiger charge is 2.46. The fourth-order valence-electron chi connectivity index (χ4n) is 4.33. The number of aromatic nitrogens is 2. The molecule has 188 valence electrons. The quantitative estimate of drug-likeness (QED) is 0.511. The minimum Gasteiger partial charge on any atom is -0.496 e. The second-order valence-electron chi connectivity index (χ2n) is 8.49. The number of nitrogens with zero attached hydrogens (tertiary/aromatic N) is 4. The highest BCUT2D eigenvalue weighted by Crippen LogP contribution is 2.40. The number of halogens is 3. The number of likely N-dealkylation sites (tertiary alicyclic amines) is 1. The van der Waals surface area contributed by atoms with Crippen LogP contribution < -0.4 is 15.8 Å². The van der Waals surface area contributed by atoms with Crippen molar-refractivity contribution in [3.63, 3.8) is 0 Å². The van der Waals surface area contributed by atoms with Gasteiger partial charge < -0.3 is 15.8 Å².